The molecule has 5 heteroatoms. The van der Waals surface area contributed by atoms with Gasteiger partial charge in [0.25, 0.3) is 0 Å². The molecule has 0 aliphatic carbocycles. The molecule has 4 nitrogen and oxygen atoms in total. The van der Waals surface area contributed by atoms with Crippen molar-refractivity contribution >= 4 is 5.82 Å². The number of hydrogen-bond acceptors (Lipinski definition) is 4. The van der Waals surface area contributed by atoms with E-state index in [9.17, 15) is 4.39 Å². The van der Waals surface area contributed by atoms with Gasteiger partial charge in [-0.1, -0.05) is 30.3 Å². The molecule has 18 heavy (non-hydrogen) atoms. The molecule has 94 valence electrons. The zero-order valence-corrected chi connectivity index (χ0v) is 10.3. The minimum Gasteiger partial charge on any atom is -0.459 e. The van der Waals surface area contributed by atoms with E-state index < -0.39 is 5.82 Å². The Bertz CT molecular complexity index is 517. The maximum absolute atomic E-state index is 13.4. The highest BCUT2D eigenvalue weighted by Crippen LogP contribution is 2.16. The first-order chi connectivity index (χ1) is 8.66. The van der Waals surface area contributed by atoms with Gasteiger partial charge < -0.3 is 9.64 Å². The maximum Gasteiger partial charge on any atom is 0.318 e. The van der Waals surface area contributed by atoms with Gasteiger partial charge in [0.05, 0.1) is 6.20 Å². The third-order valence-electron chi connectivity index (χ3n) is 2.34. The van der Waals surface area contributed by atoms with Crippen LogP contribution in [0, 0.1) is 5.82 Å². The Hall–Kier alpha value is -2.17. The molecule has 0 unspecified atom stereocenters. The van der Waals surface area contributed by atoms with Crippen LogP contribution in [0.1, 0.15) is 5.56 Å². The van der Waals surface area contributed by atoms with E-state index in [1.807, 2.05) is 30.3 Å². The first-order valence-corrected chi connectivity index (χ1v) is 5.53. The van der Waals surface area contributed by atoms with Crippen LogP contribution in [0.25, 0.3) is 0 Å². The molecule has 1 heterocycles. The zero-order valence-electron chi connectivity index (χ0n) is 10.3. The van der Waals surface area contributed by atoms with Crippen molar-refractivity contribution in [2.24, 2.45) is 0 Å². The van der Waals surface area contributed by atoms with E-state index in [2.05, 4.69) is 9.97 Å². The normalized spacial score (nSPS) is 10.2. The van der Waals surface area contributed by atoms with Crippen molar-refractivity contribution in [1.82, 2.24) is 9.97 Å². The third-order valence-corrected chi connectivity index (χ3v) is 2.34. The van der Waals surface area contributed by atoms with Crippen molar-refractivity contribution in [2.45, 2.75) is 6.61 Å². The molecule has 0 saturated carbocycles. The van der Waals surface area contributed by atoms with Crippen molar-refractivity contribution in [3.8, 4) is 6.01 Å². The van der Waals surface area contributed by atoms with Gasteiger partial charge in [-0.3, -0.25) is 0 Å². The van der Waals surface area contributed by atoms with E-state index in [-0.39, 0.29) is 11.8 Å². The van der Waals surface area contributed by atoms with Crippen LogP contribution in [-0.2, 0) is 6.61 Å². The smallest absolute Gasteiger partial charge is 0.318 e. The molecule has 0 saturated heterocycles. The number of aromatic nitrogens is 2. The van der Waals surface area contributed by atoms with Crippen molar-refractivity contribution in [3.63, 3.8) is 0 Å². The van der Waals surface area contributed by atoms with Crippen molar-refractivity contribution < 1.29 is 9.13 Å². The van der Waals surface area contributed by atoms with E-state index in [4.69, 9.17) is 4.74 Å². The van der Waals surface area contributed by atoms with E-state index in [1.165, 1.54) is 0 Å². The third kappa shape index (κ3) is 2.94. The largest absolute Gasteiger partial charge is 0.459 e. The Morgan fingerprint density at radius 3 is 2.61 bits per heavy atom. The molecule has 0 fully saturated rings. The minimum absolute atomic E-state index is 0.170. The number of halogens is 1. The molecule has 0 aliphatic heterocycles. The molecule has 0 radical (unpaired) electrons. The Morgan fingerprint density at radius 2 is 1.94 bits per heavy atom. The van der Waals surface area contributed by atoms with Gasteiger partial charge in [0, 0.05) is 14.1 Å². The number of ether oxygens (including phenoxy) is 1. The van der Waals surface area contributed by atoms with Crippen LogP contribution < -0.4 is 9.64 Å². The molecular formula is C13H14FN3O. The van der Waals surface area contributed by atoms with Crippen LogP contribution in [0.2, 0.25) is 0 Å². The lowest BCUT2D eigenvalue weighted by molar-refractivity contribution is 0.279. The van der Waals surface area contributed by atoms with Crippen molar-refractivity contribution in [1.29, 1.82) is 0 Å². The standard InChI is InChI=1S/C13H14FN3O/c1-17(2)12-11(14)8-15-13(16-12)18-9-10-6-4-3-5-7-10/h3-8H,9H2,1-2H3. The monoisotopic (exact) mass is 247 g/mol. The second kappa shape index (κ2) is 5.44. The second-order valence-corrected chi connectivity index (χ2v) is 3.99. The van der Waals surface area contributed by atoms with Gasteiger partial charge >= 0.3 is 6.01 Å². The predicted molar refractivity (Wildman–Crippen MR) is 67.1 cm³/mol. The minimum atomic E-state index is -0.466. The first kappa shape index (κ1) is 12.3. The number of rotatable bonds is 4. The summed E-state index contributed by atoms with van der Waals surface area (Å²) >= 11 is 0. The zero-order chi connectivity index (χ0) is 13.0. The van der Waals surface area contributed by atoms with Gasteiger partial charge in [-0.2, -0.15) is 4.98 Å². The van der Waals surface area contributed by atoms with E-state index in [0.29, 0.717) is 6.61 Å². The van der Waals surface area contributed by atoms with Crippen LogP contribution in [-0.4, -0.2) is 24.1 Å². The fourth-order valence-corrected chi connectivity index (χ4v) is 1.45. The summed E-state index contributed by atoms with van der Waals surface area (Å²) in [6, 6.07) is 9.84. The van der Waals surface area contributed by atoms with Crippen LogP contribution in [0.5, 0.6) is 6.01 Å². The highest BCUT2D eigenvalue weighted by molar-refractivity contribution is 5.37. The molecule has 0 bridgehead atoms. The van der Waals surface area contributed by atoms with Gasteiger partial charge in [0.1, 0.15) is 6.61 Å². The van der Waals surface area contributed by atoms with Crippen molar-refractivity contribution in [2.75, 3.05) is 19.0 Å². The summed E-state index contributed by atoms with van der Waals surface area (Å²) in [6.45, 7) is 0.360. The quantitative estimate of drug-likeness (QED) is 0.830. The van der Waals surface area contributed by atoms with Gasteiger partial charge in [0.15, 0.2) is 11.6 Å². The Kier molecular flexibility index (Phi) is 3.72. The summed E-state index contributed by atoms with van der Waals surface area (Å²) in [5.74, 6) is -0.250. The molecule has 0 amide bonds. The lowest BCUT2D eigenvalue weighted by atomic mass is 10.2. The molecule has 0 N–H and O–H groups in total. The number of hydrogen-bond donors (Lipinski definition) is 0. The van der Waals surface area contributed by atoms with Crippen LogP contribution in [0.4, 0.5) is 10.2 Å². The lowest BCUT2D eigenvalue weighted by Gasteiger charge is -2.12. The summed E-state index contributed by atoms with van der Waals surface area (Å²) in [7, 11) is 3.43. The van der Waals surface area contributed by atoms with Crippen molar-refractivity contribution in [3.05, 3.63) is 47.9 Å². The fraction of sp³-hybridized carbons (Fsp3) is 0.231. The summed E-state index contributed by atoms with van der Waals surface area (Å²) in [5.41, 5.74) is 1.01. The Labute approximate surface area is 105 Å². The van der Waals surface area contributed by atoms with E-state index in [1.54, 1.807) is 19.0 Å². The van der Waals surface area contributed by atoms with Crippen LogP contribution >= 0.6 is 0 Å². The van der Waals surface area contributed by atoms with Gasteiger partial charge in [-0.05, 0) is 5.56 Å². The predicted octanol–water partition coefficient (Wildman–Crippen LogP) is 2.26. The molecule has 0 spiro atoms. The molecular weight excluding hydrogens is 233 g/mol. The number of anilines is 1. The van der Waals surface area contributed by atoms with E-state index >= 15 is 0 Å². The maximum atomic E-state index is 13.4. The Morgan fingerprint density at radius 1 is 1.22 bits per heavy atom. The Balaban J connectivity index is 2.08. The van der Waals surface area contributed by atoms with Crippen LogP contribution in [0.3, 0.4) is 0 Å². The molecule has 0 aliphatic rings. The highest BCUT2D eigenvalue weighted by atomic mass is 19.1. The molecule has 0 atom stereocenters. The lowest BCUT2D eigenvalue weighted by Crippen LogP contribution is -2.14. The van der Waals surface area contributed by atoms with Gasteiger partial charge in [0.2, 0.25) is 0 Å². The second-order valence-electron chi connectivity index (χ2n) is 3.99. The van der Waals surface area contributed by atoms with Crippen LogP contribution in [0.15, 0.2) is 36.5 Å². The summed E-state index contributed by atoms with van der Waals surface area (Å²) in [6.07, 6.45) is 1.11. The number of benzene rings is 1. The highest BCUT2D eigenvalue weighted by Gasteiger charge is 2.09. The van der Waals surface area contributed by atoms with Gasteiger partial charge in [-0.15, -0.1) is 0 Å². The summed E-state index contributed by atoms with van der Waals surface area (Å²) in [4.78, 5) is 9.38. The first-order valence-electron chi connectivity index (χ1n) is 5.53. The topological polar surface area (TPSA) is 38.2 Å². The van der Waals surface area contributed by atoms with E-state index in [0.717, 1.165) is 11.8 Å². The van der Waals surface area contributed by atoms with Gasteiger partial charge in [-0.25, -0.2) is 9.37 Å². The molecule has 2 aromatic rings. The fourth-order valence-electron chi connectivity index (χ4n) is 1.45. The summed E-state index contributed by atoms with van der Waals surface area (Å²) < 4.78 is 18.8. The summed E-state index contributed by atoms with van der Waals surface area (Å²) in [5, 5.41) is 0. The average molecular weight is 247 g/mol. The molecule has 2 rings (SSSR count). The average Bonchev–Trinajstić information content (AvgIpc) is 2.38. The molecule has 1 aromatic heterocycles. The molecule has 1 aromatic carbocycles. The number of nitrogens with zero attached hydrogens (tertiary/aromatic N) is 3. The SMILES string of the molecule is CN(C)c1nc(OCc2ccccc2)ncc1F.